The highest BCUT2D eigenvalue weighted by Gasteiger charge is 2.23. The van der Waals surface area contributed by atoms with Gasteiger partial charge in [0.25, 0.3) is 5.91 Å². The normalized spacial score (nSPS) is 14.2. The molecule has 0 bridgehead atoms. The molecule has 1 aromatic carbocycles. The van der Waals surface area contributed by atoms with E-state index in [2.05, 4.69) is 20.4 Å². The third-order valence-corrected chi connectivity index (χ3v) is 4.31. The van der Waals surface area contributed by atoms with E-state index in [-0.39, 0.29) is 5.91 Å². The highest BCUT2D eigenvalue weighted by molar-refractivity contribution is 5.94. The SMILES string of the molecule is CCNc1ccc(N2CCN(C(=O)c3ccc(OCC)cc3)CC2)nn1. The van der Waals surface area contributed by atoms with Crippen molar-refractivity contribution in [2.45, 2.75) is 13.8 Å². The van der Waals surface area contributed by atoms with Crippen LogP contribution in [0.4, 0.5) is 11.6 Å². The van der Waals surface area contributed by atoms with Crippen LogP contribution < -0.4 is 15.0 Å². The van der Waals surface area contributed by atoms with E-state index in [1.165, 1.54) is 0 Å². The molecule has 3 rings (SSSR count). The van der Waals surface area contributed by atoms with Crippen LogP contribution in [0.2, 0.25) is 0 Å². The first-order valence-corrected chi connectivity index (χ1v) is 9.06. The number of ether oxygens (including phenoxy) is 1. The molecule has 1 aliphatic heterocycles. The Kier molecular flexibility index (Phi) is 5.88. The number of benzene rings is 1. The minimum Gasteiger partial charge on any atom is -0.494 e. The Bertz CT molecular complexity index is 710. The van der Waals surface area contributed by atoms with Crippen LogP contribution in [0.5, 0.6) is 5.75 Å². The van der Waals surface area contributed by atoms with Crippen molar-refractivity contribution in [3.8, 4) is 5.75 Å². The highest BCUT2D eigenvalue weighted by atomic mass is 16.5. The molecule has 0 spiro atoms. The molecule has 1 fully saturated rings. The summed E-state index contributed by atoms with van der Waals surface area (Å²) in [6.45, 7) is 8.24. The number of nitrogens with zero attached hydrogens (tertiary/aromatic N) is 4. The molecule has 2 aromatic rings. The van der Waals surface area contributed by atoms with Crippen molar-refractivity contribution in [1.82, 2.24) is 15.1 Å². The minimum atomic E-state index is 0.0567. The molecule has 138 valence electrons. The summed E-state index contributed by atoms with van der Waals surface area (Å²) in [7, 11) is 0. The lowest BCUT2D eigenvalue weighted by atomic mass is 10.1. The fraction of sp³-hybridized carbons (Fsp3) is 0.421. The number of anilines is 2. The van der Waals surface area contributed by atoms with Crippen molar-refractivity contribution in [2.75, 3.05) is 49.5 Å². The summed E-state index contributed by atoms with van der Waals surface area (Å²) in [6, 6.07) is 11.2. The van der Waals surface area contributed by atoms with E-state index in [1.54, 1.807) is 0 Å². The second kappa shape index (κ2) is 8.51. The molecule has 1 aliphatic rings. The van der Waals surface area contributed by atoms with Crippen LogP contribution in [0.25, 0.3) is 0 Å². The molecule has 0 aliphatic carbocycles. The first-order chi connectivity index (χ1) is 12.7. The van der Waals surface area contributed by atoms with Crippen molar-refractivity contribution >= 4 is 17.5 Å². The van der Waals surface area contributed by atoms with Gasteiger partial charge in [-0.05, 0) is 50.2 Å². The van der Waals surface area contributed by atoms with Gasteiger partial charge in [-0.3, -0.25) is 4.79 Å². The van der Waals surface area contributed by atoms with Gasteiger partial charge in [0.2, 0.25) is 0 Å². The van der Waals surface area contributed by atoms with Gasteiger partial charge in [0.1, 0.15) is 11.6 Å². The summed E-state index contributed by atoms with van der Waals surface area (Å²) in [4.78, 5) is 16.7. The molecule has 1 saturated heterocycles. The predicted molar refractivity (Wildman–Crippen MR) is 102 cm³/mol. The van der Waals surface area contributed by atoms with E-state index >= 15 is 0 Å². The lowest BCUT2D eigenvalue weighted by molar-refractivity contribution is 0.0746. The first kappa shape index (κ1) is 18.0. The van der Waals surface area contributed by atoms with Crippen LogP contribution >= 0.6 is 0 Å². The zero-order valence-electron chi connectivity index (χ0n) is 15.3. The number of nitrogens with one attached hydrogen (secondary N) is 1. The zero-order valence-corrected chi connectivity index (χ0v) is 15.3. The van der Waals surface area contributed by atoms with E-state index in [1.807, 2.05) is 55.1 Å². The Morgan fingerprint density at radius 3 is 2.35 bits per heavy atom. The van der Waals surface area contributed by atoms with Gasteiger partial charge in [-0.2, -0.15) is 0 Å². The average Bonchev–Trinajstić information content (AvgIpc) is 2.69. The van der Waals surface area contributed by atoms with E-state index in [0.717, 1.165) is 37.0 Å². The molecule has 0 atom stereocenters. The largest absolute Gasteiger partial charge is 0.494 e. The van der Waals surface area contributed by atoms with Crippen LogP contribution in [-0.4, -0.2) is 60.3 Å². The predicted octanol–water partition coefficient (Wildman–Crippen LogP) is 2.27. The van der Waals surface area contributed by atoms with Crippen molar-refractivity contribution in [3.63, 3.8) is 0 Å². The van der Waals surface area contributed by atoms with Crippen LogP contribution in [0, 0.1) is 0 Å². The van der Waals surface area contributed by atoms with Gasteiger partial charge in [-0.1, -0.05) is 0 Å². The quantitative estimate of drug-likeness (QED) is 0.857. The maximum Gasteiger partial charge on any atom is 0.253 e. The monoisotopic (exact) mass is 355 g/mol. The maximum absolute atomic E-state index is 12.7. The Labute approximate surface area is 154 Å². The number of piperazine rings is 1. The van der Waals surface area contributed by atoms with Gasteiger partial charge in [0, 0.05) is 38.3 Å². The second-order valence-electron chi connectivity index (χ2n) is 6.04. The van der Waals surface area contributed by atoms with Crippen molar-refractivity contribution < 1.29 is 9.53 Å². The number of hydrogen-bond acceptors (Lipinski definition) is 6. The number of rotatable bonds is 6. The molecule has 26 heavy (non-hydrogen) atoms. The molecular weight excluding hydrogens is 330 g/mol. The van der Waals surface area contributed by atoms with E-state index in [4.69, 9.17) is 4.74 Å². The summed E-state index contributed by atoms with van der Waals surface area (Å²) < 4.78 is 5.42. The van der Waals surface area contributed by atoms with Gasteiger partial charge in [-0.25, -0.2) is 0 Å². The van der Waals surface area contributed by atoms with Crippen molar-refractivity contribution in [1.29, 1.82) is 0 Å². The fourth-order valence-electron chi connectivity index (χ4n) is 2.95. The van der Waals surface area contributed by atoms with E-state index < -0.39 is 0 Å². The molecule has 2 heterocycles. The Morgan fingerprint density at radius 2 is 1.77 bits per heavy atom. The van der Waals surface area contributed by atoms with Gasteiger partial charge in [-0.15, -0.1) is 10.2 Å². The number of amides is 1. The third-order valence-electron chi connectivity index (χ3n) is 4.31. The molecule has 7 heteroatoms. The third kappa shape index (κ3) is 4.22. The van der Waals surface area contributed by atoms with Gasteiger partial charge in [0.15, 0.2) is 5.82 Å². The van der Waals surface area contributed by atoms with Gasteiger partial charge < -0.3 is 19.9 Å². The van der Waals surface area contributed by atoms with E-state index in [9.17, 15) is 4.79 Å². The average molecular weight is 355 g/mol. The number of carbonyl (C=O) groups is 1. The van der Waals surface area contributed by atoms with Crippen LogP contribution in [0.15, 0.2) is 36.4 Å². The smallest absolute Gasteiger partial charge is 0.253 e. The fourth-order valence-corrected chi connectivity index (χ4v) is 2.95. The molecule has 1 N–H and O–H groups in total. The van der Waals surface area contributed by atoms with Crippen molar-refractivity contribution in [3.05, 3.63) is 42.0 Å². The van der Waals surface area contributed by atoms with Crippen LogP contribution in [-0.2, 0) is 0 Å². The zero-order chi connectivity index (χ0) is 18.4. The summed E-state index contributed by atoms with van der Waals surface area (Å²) >= 11 is 0. The molecule has 1 amide bonds. The van der Waals surface area contributed by atoms with Crippen LogP contribution in [0.1, 0.15) is 24.2 Å². The standard InChI is InChI=1S/C19H25N5O2/c1-3-20-17-9-10-18(22-21-17)23-11-13-24(14-12-23)19(25)15-5-7-16(8-6-15)26-4-2/h5-10H,3-4,11-14H2,1-2H3,(H,20,21). The Hall–Kier alpha value is -2.83. The molecule has 1 aromatic heterocycles. The molecular formula is C19H25N5O2. The maximum atomic E-state index is 12.7. The van der Waals surface area contributed by atoms with E-state index in [0.29, 0.717) is 25.3 Å². The van der Waals surface area contributed by atoms with Gasteiger partial charge >= 0.3 is 0 Å². The Morgan fingerprint density at radius 1 is 1.04 bits per heavy atom. The first-order valence-electron chi connectivity index (χ1n) is 9.06. The number of carbonyl (C=O) groups excluding carboxylic acids is 1. The molecule has 0 saturated carbocycles. The second-order valence-corrected chi connectivity index (χ2v) is 6.04. The van der Waals surface area contributed by atoms with Crippen LogP contribution in [0.3, 0.4) is 0 Å². The summed E-state index contributed by atoms with van der Waals surface area (Å²) in [5.74, 6) is 2.47. The molecule has 0 unspecified atom stereocenters. The van der Waals surface area contributed by atoms with Gasteiger partial charge in [0.05, 0.1) is 6.61 Å². The topological polar surface area (TPSA) is 70.6 Å². The summed E-state index contributed by atoms with van der Waals surface area (Å²) in [5, 5.41) is 11.6. The number of hydrogen-bond donors (Lipinski definition) is 1. The highest BCUT2D eigenvalue weighted by Crippen LogP contribution is 2.17. The molecule has 7 nitrogen and oxygen atoms in total. The molecule has 0 radical (unpaired) electrons. The van der Waals surface area contributed by atoms with Crippen molar-refractivity contribution in [2.24, 2.45) is 0 Å². The lowest BCUT2D eigenvalue weighted by Crippen LogP contribution is -2.49. The lowest BCUT2D eigenvalue weighted by Gasteiger charge is -2.35. The number of aromatic nitrogens is 2. The minimum absolute atomic E-state index is 0.0567. The Balaban J connectivity index is 1.56. The summed E-state index contributed by atoms with van der Waals surface area (Å²) in [5.41, 5.74) is 0.691. The summed E-state index contributed by atoms with van der Waals surface area (Å²) in [6.07, 6.45) is 0.